The molecule has 0 aliphatic rings. The molecule has 0 heterocycles. The average molecular weight is 360 g/mol. The molecule has 3 aromatic carbocycles. The Bertz CT molecular complexity index is 914. The summed E-state index contributed by atoms with van der Waals surface area (Å²) in [5, 5.41) is 14.8. The van der Waals surface area contributed by atoms with Crippen LogP contribution < -0.4 is 16.2 Å². The van der Waals surface area contributed by atoms with Crippen molar-refractivity contribution in [1.29, 1.82) is 10.8 Å². The summed E-state index contributed by atoms with van der Waals surface area (Å²) in [5.74, 6) is 0.850. The predicted molar refractivity (Wildman–Crippen MR) is 111 cm³/mol. The Balaban J connectivity index is 0.00000261. The zero-order valence-corrected chi connectivity index (χ0v) is 14.2. The van der Waals surface area contributed by atoms with E-state index in [1.807, 2.05) is 60.7 Å². The Labute approximate surface area is 159 Å². The van der Waals surface area contributed by atoms with Crippen LogP contribution in [-0.4, -0.2) is 11.7 Å². The maximum absolute atomic E-state index is 7.44. The quantitative estimate of drug-likeness (QED) is 0.392. The highest BCUT2D eigenvalue weighted by Crippen LogP contribution is 2.21. The van der Waals surface area contributed by atoms with Crippen molar-refractivity contribution < 1.29 is 4.74 Å². The van der Waals surface area contributed by atoms with E-state index in [0.717, 1.165) is 28.0 Å². The maximum atomic E-state index is 7.44. The molecule has 5 heteroatoms. The van der Waals surface area contributed by atoms with Gasteiger partial charge in [-0.3, -0.25) is 10.8 Å². The molecular formula is C22H24N4O. The van der Waals surface area contributed by atoms with E-state index in [-0.39, 0.29) is 19.1 Å². The first-order valence-electron chi connectivity index (χ1n) is 8.14. The Kier molecular flexibility index (Phi) is 6.33. The first-order valence-corrected chi connectivity index (χ1v) is 8.14. The van der Waals surface area contributed by atoms with Crippen LogP contribution in [0.2, 0.25) is 0 Å². The van der Waals surface area contributed by atoms with Crippen LogP contribution in [0, 0.1) is 10.8 Å². The van der Waals surface area contributed by atoms with Gasteiger partial charge in [0.05, 0.1) is 0 Å². The van der Waals surface area contributed by atoms with Crippen LogP contribution in [0.15, 0.2) is 72.8 Å². The molecule has 5 nitrogen and oxygen atoms in total. The smallest absolute Gasteiger partial charge is 0.122 e. The third kappa shape index (κ3) is 4.95. The number of ether oxygens (including phenoxy) is 1. The molecule has 0 amide bonds. The van der Waals surface area contributed by atoms with Crippen molar-refractivity contribution in [3.05, 3.63) is 89.5 Å². The molecule has 0 atom stereocenters. The van der Waals surface area contributed by atoms with E-state index in [9.17, 15) is 0 Å². The lowest BCUT2D eigenvalue weighted by Crippen LogP contribution is -2.10. The molecule has 0 fully saturated rings. The van der Waals surface area contributed by atoms with Crippen molar-refractivity contribution in [2.24, 2.45) is 11.5 Å². The highest BCUT2D eigenvalue weighted by atomic mass is 16.5. The molecule has 0 saturated heterocycles. The van der Waals surface area contributed by atoms with Crippen LogP contribution in [0.1, 0.15) is 24.1 Å². The second-order valence-corrected chi connectivity index (χ2v) is 5.91. The van der Waals surface area contributed by atoms with Crippen LogP contribution >= 0.6 is 0 Å². The number of amidine groups is 2. The van der Waals surface area contributed by atoms with Gasteiger partial charge in [0.15, 0.2) is 0 Å². The van der Waals surface area contributed by atoms with Crippen molar-refractivity contribution in [1.82, 2.24) is 0 Å². The molecule has 6 N–H and O–H groups in total. The highest BCUT2D eigenvalue weighted by Gasteiger charge is 2.02. The van der Waals surface area contributed by atoms with Crippen molar-refractivity contribution >= 4 is 11.7 Å². The maximum Gasteiger partial charge on any atom is 0.122 e. The van der Waals surface area contributed by atoms with Crippen molar-refractivity contribution in [2.45, 2.75) is 14.0 Å². The van der Waals surface area contributed by atoms with Crippen molar-refractivity contribution in [3.63, 3.8) is 0 Å². The molecule has 0 unspecified atom stereocenters. The minimum atomic E-state index is 0. The summed E-state index contributed by atoms with van der Waals surface area (Å²) < 4.78 is 5.77. The number of hydrogen-bond donors (Lipinski definition) is 4. The fourth-order valence-electron chi connectivity index (χ4n) is 2.53. The molecule has 27 heavy (non-hydrogen) atoms. The summed E-state index contributed by atoms with van der Waals surface area (Å²) in [6.45, 7) is 0.461. The van der Waals surface area contributed by atoms with Gasteiger partial charge in [-0.25, -0.2) is 0 Å². The van der Waals surface area contributed by atoms with Crippen LogP contribution in [-0.2, 0) is 6.61 Å². The molecule has 0 aliphatic carbocycles. The lowest BCUT2D eigenvalue weighted by molar-refractivity contribution is 0.306. The number of nitrogens with one attached hydrogen (secondary N) is 2. The van der Waals surface area contributed by atoms with E-state index in [2.05, 4.69) is 0 Å². The number of hydrogen-bond acceptors (Lipinski definition) is 3. The third-order valence-electron chi connectivity index (χ3n) is 4.05. The first kappa shape index (κ1) is 19.7. The minimum Gasteiger partial charge on any atom is -0.489 e. The monoisotopic (exact) mass is 360 g/mol. The minimum absolute atomic E-state index is 0. The summed E-state index contributed by atoms with van der Waals surface area (Å²) in [7, 11) is 0. The summed E-state index contributed by atoms with van der Waals surface area (Å²) in [5.41, 5.74) is 15.5. The molecule has 0 aromatic heterocycles. The topological polar surface area (TPSA) is 109 Å². The van der Waals surface area contributed by atoms with Gasteiger partial charge in [0.1, 0.15) is 24.0 Å². The van der Waals surface area contributed by atoms with E-state index >= 15 is 0 Å². The van der Waals surface area contributed by atoms with E-state index in [1.165, 1.54) is 0 Å². The molecule has 0 saturated carbocycles. The predicted octanol–water partition coefficient (Wildman–Crippen LogP) is 4.14. The van der Waals surface area contributed by atoms with Gasteiger partial charge in [-0.15, -0.1) is 0 Å². The van der Waals surface area contributed by atoms with Crippen LogP contribution in [0.3, 0.4) is 0 Å². The fraction of sp³-hybridized carbons (Fsp3) is 0.0909. The lowest BCUT2D eigenvalue weighted by Gasteiger charge is -2.08. The third-order valence-corrected chi connectivity index (χ3v) is 4.05. The molecule has 3 rings (SSSR count). The Hall–Kier alpha value is -3.60. The van der Waals surface area contributed by atoms with Gasteiger partial charge >= 0.3 is 0 Å². The largest absolute Gasteiger partial charge is 0.489 e. The molecule has 0 bridgehead atoms. The van der Waals surface area contributed by atoms with Crippen LogP contribution in [0.4, 0.5) is 0 Å². The Morgan fingerprint density at radius 1 is 0.667 bits per heavy atom. The summed E-state index contributed by atoms with van der Waals surface area (Å²) in [6, 6.07) is 22.9. The molecule has 0 radical (unpaired) electrons. The van der Waals surface area contributed by atoms with E-state index in [0.29, 0.717) is 12.2 Å². The van der Waals surface area contributed by atoms with Crippen LogP contribution in [0.5, 0.6) is 5.75 Å². The van der Waals surface area contributed by atoms with Crippen molar-refractivity contribution in [2.75, 3.05) is 0 Å². The highest BCUT2D eigenvalue weighted by molar-refractivity contribution is 5.95. The summed E-state index contributed by atoms with van der Waals surface area (Å²) in [6.07, 6.45) is 0. The van der Waals surface area contributed by atoms with E-state index in [4.69, 9.17) is 27.0 Å². The van der Waals surface area contributed by atoms with Gasteiger partial charge in [0.2, 0.25) is 0 Å². The van der Waals surface area contributed by atoms with Gasteiger partial charge in [-0.05, 0) is 41.0 Å². The average Bonchev–Trinajstić information content (AvgIpc) is 2.67. The number of rotatable bonds is 6. The lowest BCUT2D eigenvalue weighted by atomic mass is 10.0. The fourth-order valence-corrected chi connectivity index (χ4v) is 2.53. The summed E-state index contributed by atoms with van der Waals surface area (Å²) in [4.78, 5) is 0. The normalized spacial score (nSPS) is 9.93. The Morgan fingerprint density at radius 3 is 1.52 bits per heavy atom. The van der Waals surface area contributed by atoms with Gasteiger partial charge < -0.3 is 16.2 Å². The zero-order chi connectivity index (χ0) is 18.5. The number of benzene rings is 3. The molecule has 3 aromatic rings. The summed E-state index contributed by atoms with van der Waals surface area (Å²) >= 11 is 0. The second kappa shape index (κ2) is 8.67. The van der Waals surface area contributed by atoms with Crippen molar-refractivity contribution in [3.8, 4) is 16.9 Å². The van der Waals surface area contributed by atoms with Gasteiger partial charge in [-0.2, -0.15) is 0 Å². The van der Waals surface area contributed by atoms with Crippen LogP contribution in [0.25, 0.3) is 11.1 Å². The first-order chi connectivity index (χ1) is 12.5. The zero-order valence-electron chi connectivity index (χ0n) is 14.2. The molecule has 0 aliphatic heterocycles. The van der Waals surface area contributed by atoms with E-state index < -0.39 is 0 Å². The van der Waals surface area contributed by atoms with E-state index in [1.54, 1.807) is 12.1 Å². The molecule has 0 spiro atoms. The standard InChI is InChI=1S/C21H20N4O.CH4/c22-20(23)17-7-5-16(6-8-17)15-3-1-14(2-4-15)13-26-19-11-9-18(10-12-19)21(24)25;/h1-12H,13H2,(H3,22,23)(H3,24,25);1H4. The van der Waals surface area contributed by atoms with Gasteiger partial charge in [0.25, 0.3) is 0 Å². The SMILES string of the molecule is C.N=C(N)c1ccc(OCc2ccc(-c3ccc(C(=N)N)cc3)cc2)cc1. The van der Waals surface area contributed by atoms with Gasteiger partial charge in [-0.1, -0.05) is 56.0 Å². The number of nitrogens with two attached hydrogens (primary N) is 2. The molecular weight excluding hydrogens is 336 g/mol. The Morgan fingerprint density at radius 2 is 1.07 bits per heavy atom. The molecule has 138 valence electrons. The second-order valence-electron chi connectivity index (χ2n) is 5.91. The number of nitrogen functional groups attached to an aromatic ring is 2. The van der Waals surface area contributed by atoms with Gasteiger partial charge in [0, 0.05) is 11.1 Å².